The van der Waals surface area contributed by atoms with Gasteiger partial charge in [0.15, 0.2) is 0 Å². The molecule has 6 heterocycles. The molecule has 0 radical (unpaired) electrons. The number of fused-ring (bicyclic) bond motifs is 8. The van der Waals surface area contributed by atoms with E-state index in [2.05, 4.69) is 44.4 Å². The fourth-order valence-electron chi connectivity index (χ4n) is 6.03. The number of hydrogen-bond acceptors (Lipinski definition) is 10. The summed E-state index contributed by atoms with van der Waals surface area (Å²) in [7, 11) is 0. The molecule has 0 unspecified atom stereocenters. The van der Waals surface area contributed by atoms with Crippen LogP contribution < -0.4 is 0 Å². The van der Waals surface area contributed by atoms with E-state index in [-0.39, 0.29) is 53.0 Å². The summed E-state index contributed by atoms with van der Waals surface area (Å²) in [6.45, 7) is 6.04. The van der Waals surface area contributed by atoms with Gasteiger partial charge in [-0.05, 0) is 35.4 Å². The number of rotatable bonds is 5. The van der Waals surface area contributed by atoms with Crippen LogP contribution in [0.4, 0.5) is 0 Å². The molecule has 1 fully saturated rings. The van der Waals surface area contributed by atoms with Gasteiger partial charge in [-0.3, -0.25) is 34.2 Å². The Morgan fingerprint density at radius 1 is 0.617 bits per heavy atom. The van der Waals surface area contributed by atoms with Gasteiger partial charge in [0.05, 0.1) is 48.6 Å². The third kappa shape index (κ3) is 10.1. The molecule has 47 heavy (non-hydrogen) atoms. The van der Waals surface area contributed by atoms with Crippen molar-refractivity contribution in [3.63, 3.8) is 0 Å². The van der Waals surface area contributed by atoms with Crippen LogP contribution in [0.3, 0.4) is 0 Å². The molecule has 1 aromatic carbocycles. The minimum atomic E-state index is -0.861. The van der Waals surface area contributed by atoms with E-state index in [4.69, 9.17) is 9.97 Å². The first-order valence-corrected chi connectivity index (χ1v) is 15.6. The minimum absolute atomic E-state index is 0. The SMILES string of the molecule is O=C(O)CN1CCN2CCN(CC(=O)O)CCN(CC1)Cc1cccc(n1)-c1cn(nn1)Cc1cc(-c3ccccc3)cc(n1)C2.[Gd]. The zero-order valence-corrected chi connectivity index (χ0v) is 28.4. The van der Waals surface area contributed by atoms with Crippen LogP contribution in [0.15, 0.2) is 66.9 Å². The molecule has 0 amide bonds. The number of carboxylic acids is 2. The van der Waals surface area contributed by atoms with Crippen LogP contribution in [0.1, 0.15) is 17.1 Å². The Labute approximate surface area is 305 Å². The molecule has 0 aliphatic carbocycles. The van der Waals surface area contributed by atoms with Gasteiger partial charge in [0.2, 0.25) is 0 Å². The standard InChI is InChI=1S/C33H39N9O4.Gd/c43-32(44)23-40-13-9-38-10-14-41(24-33(45)46)16-12-39(11-15-40)20-28-17-26(25-5-2-1-3-6-25)18-29(34-28)21-42-22-31(36-37-42)30-8-4-7-27(19-38)35-30;/h1-8,17-18,22H,9-16,19-21,23-24H2,(H,43,44)(H,45,46);. The second-order valence-electron chi connectivity index (χ2n) is 11.9. The zero-order valence-electron chi connectivity index (χ0n) is 26.1. The predicted octanol–water partition coefficient (Wildman–Crippen LogP) is 1.85. The van der Waals surface area contributed by atoms with Crippen molar-refractivity contribution < 1.29 is 59.7 Å². The maximum Gasteiger partial charge on any atom is 0.317 e. The summed E-state index contributed by atoms with van der Waals surface area (Å²) in [6, 6.07) is 20.2. The first-order chi connectivity index (χ1) is 22.4. The van der Waals surface area contributed by atoms with Crippen LogP contribution in [0.5, 0.6) is 0 Å². The molecule has 1 saturated heterocycles. The summed E-state index contributed by atoms with van der Waals surface area (Å²) in [6.07, 6.45) is 1.89. The van der Waals surface area contributed by atoms with Crippen molar-refractivity contribution in [3.8, 4) is 22.5 Å². The predicted molar refractivity (Wildman–Crippen MR) is 171 cm³/mol. The number of pyridine rings is 2. The summed E-state index contributed by atoms with van der Waals surface area (Å²) < 4.78 is 1.78. The maximum atomic E-state index is 11.8. The first kappa shape index (κ1) is 35.1. The Hall–Kier alpha value is -3.24. The van der Waals surface area contributed by atoms with Crippen molar-refractivity contribution in [3.05, 3.63) is 83.9 Å². The molecular weight excluding hydrogens is 744 g/mol. The number of aliphatic carboxylic acids is 2. The van der Waals surface area contributed by atoms with E-state index >= 15 is 0 Å². The van der Waals surface area contributed by atoms with Crippen LogP contribution in [0, 0.1) is 39.9 Å². The Bertz CT molecular complexity index is 1620. The molecule has 4 aromatic rings. The molecule has 3 aromatic heterocycles. The second-order valence-corrected chi connectivity index (χ2v) is 11.9. The van der Waals surface area contributed by atoms with Gasteiger partial charge >= 0.3 is 11.9 Å². The number of hydrogen-bond donors (Lipinski definition) is 2. The van der Waals surface area contributed by atoms with Crippen molar-refractivity contribution in [2.45, 2.75) is 19.6 Å². The topological polar surface area (TPSA) is 144 Å². The molecule has 0 saturated carbocycles. The van der Waals surface area contributed by atoms with Crippen molar-refractivity contribution in [2.75, 3.05) is 65.4 Å². The van der Waals surface area contributed by atoms with E-state index in [0.717, 1.165) is 28.2 Å². The third-order valence-electron chi connectivity index (χ3n) is 8.39. The second kappa shape index (κ2) is 16.7. The summed E-state index contributed by atoms with van der Waals surface area (Å²) in [4.78, 5) is 42.1. The molecule has 3 aliphatic rings. The van der Waals surface area contributed by atoms with E-state index in [1.165, 1.54) is 0 Å². The normalized spacial score (nSPS) is 19.6. The fraction of sp³-hybridized carbons (Fsp3) is 0.394. The van der Waals surface area contributed by atoms with E-state index in [0.29, 0.717) is 83.4 Å². The number of carbonyl (C=O) groups is 2. The van der Waals surface area contributed by atoms with Crippen LogP contribution >= 0.6 is 0 Å². The van der Waals surface area contributed by atoms with Gasteiger partial charge in [0.25, 0.3) is 0 Å². The van der Waals surface area contributed by atoms with Gasteiger partial charge in [-0.25, -0.2) is 9.67 Å². The van der Waals surface area contributed by atoms with Crippen LogP contribution in [-0.4, -0.2) is 132 Å². The Morgan fingerprint density at radius 3 is 1.79 bits per heavy atom. The Kier molecular flexibility index (Phi) is 12.5. The molecule has 13 nitrogen and oxygen atoms in total. The van der Waals surface area contributed by atoms with Gasteiger partial charge in [-0.2, -0.15) is 0 Å². The third-order valence-corrected chi connectivity index (χ3v) is 8.39. The zero-order chi connectivity index (χ0) is 31.9. The van der Waals surface area contributed by atoms with Crippen molar-refractivity contribution >= 4 is 11.9 Å². The monoisotopic (exact) mass is 783 g/mol. The average Bonchev–Trinajstić information content (AvgIpc) is 3.50. The van der Waals surface area contributed by atoms with Crippen molar-refractivity contribution in [1.29, 1.82) is 0 Å². The van der Waals surface area contributed by atoms with Gasteiger partial charge in [-0.1, -0.05) is 41.6 Å². The summed E-state index contributed by atoms with van der Waals surface area (Å²) in [5.41, 5.74) is 6.04. The largest absolute Gasteiger partial charge is 0.480 e. The van der Waals surface area contributed by atoms with E-state index in [1.54, 1.807) is 4.68 Å². The maximum absolute atomic E-state index is 11.8. The van der Waals surface area contributed by atoms with Crippen LogP contribution in [-0.2, 0) is 29.2 Å². The van der Waals surface area contributed by atoms with Crippen molar-refractivity contribution in [2.24, 2.45) is 0 Å². The summed E-state index contributed by atoms with van der Waals surface area (Å²) in [5.74, 6) is -1.72. The minimum Gasteiger partial charge on any atom is -0.480 e. The number of nitrogens with zero attached hydrogens (tertiary/aromatic N) is 9. The number of carboxylic acid groups (broad SMARTS) is 2. The van der Waals surface area contributed by atoms with Crippen LogP contribution in [0.2, 0.25) is 0 Å². The average molecular weight is 783 g/mol. The summed E-state index contributed by atoms with van der Waals surface area (Å²) in [5, 5.41) is 28.2. The van der Waals surface area contributed by atoms with E-state index < -0.39 is 11.9 Å². The molecule has 248 valence electrons. The molecule has 0 spiro atoms. The summed E-state index contributed by atoms with van der Waals surface area (Å²) >= 11 is 0. The van der Waals surface area contributed by atoms with Gasteiger partial charge < -0.3 is 10.2 Å². The first-order valence-electron chi connectivity index (χ1n) is 15.6. The molecule has 8 bridgehead atoms. The smallest absolute Gasteiger partial charge is 0.317 e. The van der Waals surface area contributed by atoms with Crippen molar-refractivity contribution in [1.82, 2.24) is 44.6 Å². The molecule has 0 atom stereocenters. The number of benzene rings is 1. The molecule has 2 N–H and O–H groups in total. The fourth-order valence-corrected chi connectivity index (χ4v) is 6.03. The van der Waals surface area contributed by atoms with E-state index in [1.807, 2.05) is 52.4 Å². The Morgan fingerprint density at radius 2 is 1.19 bits per heavy atom. The Balaban J connectivity index is 0.00000433. The quantitative estimate of drug-likeness (QED) is 0.305. The molecular formula is C33H39GdN9O4. The molecule has 7 rings (SSSR count). The molecule has 14 heteroatoms. The van der Waals surface area contributed by atoms with E-state index in [9.17, 15) is 19.8 Å². The van der Waals surface area contributed by atoms with Gasteiger partial charge in [0.1, 0.15) is 5.69 Å². The van der Waals surface area contributed by atoms with Gasteiger partial charge in [0, 0.05) is 105 Å². The molecule has 3 aliphatic heterocycles. The number of aromatic nitrogens is 5. The van der Waals surface area contributed by atoms with Crippen LogP contribution in [0.25, 0.3) is 22.5 Å². The van der Waals surface area contributed by atoms with Gasteiger partial charge in [-0.15, -0.1) is 5.10 Å².